The van der Waals surface area contributed by atoms with Gasteiger partial charge in [-0.05, 0) is 96.9 Å². The monoisotopic (exact) mass is 638 g/mol. The molecule has 0 amide bonds. The highest BCUT2D eigenvalue weighted by Gasteiger charge is 2.29. The van der Waals surface area contributed by atoms with Gasteiger partial charge >= 0.3 is 0 Å². The van der Waals surface area contributed by atoms with Gasteiger partial charge in [-0.15, -0.1) is 0 Å². The average Bonchev–Trinajstić information content (AvgIpc) is 3.07. The van der Waals surface area contributed by atoms with Crippen molar-refractivity contribution >= 4 is 27.3 Å². The smallest absolute Gasteiger partial charge is 0.126 e. The van der Waals surface area contributed by atoms with E-state index < -0.39 is 16.7 Å². The fourth-order valence-electron chi connectivity index (χ4n) is 6.35. The van der Waals surface area contributed by atoms with Crippen LogP contribution < -0.4 is 10.6 Å². The zero-order valence-electron chi connectivity index (χ0n) is 28.2. The van der Waals surface area contributed by atoms with Crippen molar-refractivity contribution in [1.29, 1.82) is 0 Å². The Morgan fingerprint density at radius 3 is 1.29 bits per heavy atom. The molecule has 0 aliphatic carbocycles. The zero-order valence-corrected chi connectivity index (χ0v) is 30.5. The van der Waals surface area contributed by atoms with Gasteiger partial charge in [-0.25, -0.2) is 0 Å². The SMILES string of the molecule is CCCCc1cc(CCCC)c(O)c(P([SiH2]C(c2ccccc2)c2ccccc2)c2cc(CCCC)cc(CCCC)c2O)c1. The van der Waals surface area contributed by atoms with Gasteiger partial charge in [0, 0.05) is 16.2 Å². The van der Waals surface area contributed by atoms with Crippen LogP contribution in [0.2, 0.25) is 0 Å². The third-order valence-electron chi connectivity index (χ3n) is 9.05. The number of unbranched alkanes of at least 4 members (excludes halogenated alkanes) is 4. The molecule has 2 nitrogen and oxygen atoms in total. The van der Waals surface area contributed by atoms with E-state index in [9.17, 15) is 10.2 Å². The van der Waals surface area contributed by atoms with E-state index in [-0.39, 0.29) is 5.54 Å². The van der Waals surface area contributed by atoms with Crippen LogP contribution in [0.3, 0.4) is 0 Å². The Kier molecular flexibility index (Phi) is 14.2. The molecule has 0 saturated carbocycles. The van der Waals surface area contributed by atoms with Crippen LogP contribution in [0.5, 0.6) is 11.5 Å². The van der Waals surface area contributed by atoms with E-state index >= 15 is 0 Å². The molecule has 0 bridgehead atoms. The topological polar surface area (TPSA) is 40.5 Å². The van der Waals surface area contributed by atoms with Gasteiger partial charge in [0.05, 0.1) is 9.19 Å². The lowest BCUT2D eigenvalue weighted by Gasteiger charge is -2.29. The summed E-state index contributed by atoms with van der Waals surface area (Å²) in [6.45, 7) is 8.95. The quantitative estimate of drug-likeness (QED) is 0.0841. The minimum Gasteiger partial charge on any atom is -0.507 e. The van der Waals surface area contributed by atoms with E-state index in [4.69, 9.17) is 0 Å². The second-order valence-electron chi connectivity index (χ2n) is 12.6. The average molecular weight is 639 g/mol. The number of aromatic hydroxyl groups is 2. The molecule has 0 fully saturated rings. The molecule has 4 aromatic carbocycles. The molecule has 45 heavy (non-hydrogen) atoms. The molecule has 4 aromatic rings. The molecular formula is C41H55O2PSi. The Labute approximate surface area is 276 Å². The summed E-state index contributed by atoms with van der Waals surface area (Å²) in [6, 6.07) is 31.1. The third kappa shape index (κ3) is 9.57. The van der Waals surface area contributed by atoms with Crippen molar-refractivity contribution in [1.82, 2.24) is 0 Å². The molecule has 0 aromatic heterocycles. The Hall–Kier alpha value is -2.87. The highest BCUT2D eigenvalue weighted by Crippen LogP contribution is 2.46. The third-order valence-corrected chi connectivity index (χ3v) is 16.8. The Morgan fingerprint density at radius 1 is 0.533 bits per heavy atom. The number of benzene rings is 4. The van der Waals surface area contributed by atoms with Gasteiger partial charge in [-0.2, -0.15) is 0 Å². The minimum absolute atomic E-state index is 0.272. The van der Waals surface area contributed by atoms with Crippen LogP contribution in [0, 0.1) is 0 Å². The van der Waals surface area contributed by atoms with Gasteiger partial charge in [0.1, 0.15) is 11.5 Å². The molecular weight excluding hydrogens is 584 g/mol. The lowest BCUT2D eigenvalue weighted by atomic mass is 10.0. The number of hydrogen-bond donors (Lipinski definition) is 2. The molecule has 4 rings (SSSR count). The molecule has 4 heteroatoms. The summed E-state index contributed by atoms with van der Waals surface area (Å²) in [5, 5.41) is 26.4. The van der Waals surface area contributed by atoms with E-state index in [0.717, 1.165) is 98.8 Å². The summed E-state index contributed by atoms with van der Waals surface area (Å²) < 4.78 is 0. The van der Waals surface area contributed by atoms with Crippen molar-refractivity contribution in [2.24, 2.45) is 0 Å². The largest absolute Gasteiger partial charge is 0.507 e. The van der Waals surface area contributed by atoms with Crippen LogP contribution >= 0.6 is 7.47 Å². The molecule has 0 saturated heterocycles. The molecule has 240 valence electrons. The summed E-state index contributed by atoms with van der Waals surface area (Å²) in [7, 11) is -1.96. The van der Waals surface area contributed by atoms with Gasteiger partial charge in [0.15, 0.2) is 0 Å². The van der Waals surface area contributed by atoms with E-state index in [0.29, 0.717) is 11.5 Å². The normalized spacial score (nSPS) is 11.8. The summed E-state index contributed by atoms with van der Waals surface area (Å²) >= 11 is 0. The standard InChI is InChI=1S/C41H55O2PSi/c1-5-9-19-31-27-35(21-11-7-3)39(42)37(29-31)44(38-30-32(20-10-6-2)28-36(40(38)43)22-12-8-4)45-41(33-23-15-13-16-24-33)34-25-17-14-18-26-34/h13-18,23-30,41-43H,5-12,19-22,45H2,1-4H3. The van der Waals surface area contributed by atoms with Gasteiger partial charge in [0.25, 0.3) is 0 Å². The first-order chi connectivity index (χ1) is 22.0. The molecule has 0 unspecified atom stereocenters. The molecule has 0 aliphatic rings. The maximum atomic E-state index is 12.1. The van der Waals surface area contributed by atoms with Crippen molar-refractivity contribution < 1.29 is 10.2 Å². The fraction of sp³-hybridized carbons (Fsp3) is 0.415. The van der Waals surface area contributed by atoms with Gasteiger partial charge in [0.2, 0.25) is 0 Å². The lowest BCUT2D eigenvalue weighted by molar-refractivity contribution is 0.470. The number of phenolic OH excluding ortho intramolecular Hbond substituents is 2. The second kappa shape index (κ2) is 18.3. The van der Waals surface area contributed by atoms with Crippen LogP contribution in [0.15, 0.2) is 84.9 Å². The highest BCUT2D eigenvalue weighted by molar-refractivity contribution is 7.97. The van der Waals surface area contributed by atoms with Crippen LogP contribution in [0.1, 0.15) is 118 Å². The number of aryl methyl sites for hydroxylation is 4. The van der Waals surface area contributed by atoms with Gasteiger partial charge in [-0.1, -0.05) is 134 Å². The first kappa shape index (κ1) is 35.0. The van der Waals surface area contributed by atoms with Crippen molar-refractivity contribution in [2.45, 2.75) is 110 Å². The van der Waals surface area contributed by atoms with E-state index in [1.165, 1.54) is 22.3 Å². The molecule has 0 spiro atoms. The first-order valence-electron chi connectivity index (χ1n) is 17.6. The number of rotatable bonds is 18. The minimum atomic E-state index is -0.992. The predicted octanol–water partition coefficient (Wildman–Crippen LogP) is 9.77. The van der Waals surface area contributed by atoms with Crippen LogP contribution in [-0.4, -0.2) is 19.4 Å². The van der Waals surface area contributed by atoms with Crippen molar-refractivity contribution in [3.63, 3.8) is 0 Å². The van der Waals surface area contributed by atoms with Crippen LogP contribution in [0.25, 0.3) is 0 Å². The van der Waals surface area contributed by atoms with E-state index in [1.54, 1.807) is 0 Å². The summed E-state index contributed by atoms with van der Waals surface area (Å²) in [6.07, 6.45) is 12.7. The van der Waals surface area contributed by atoms with Crippen molar-refractivity contribution in [2.75, 3.05) is 0 Å². The fourth-order valence-corrected chi connectivity index (χ4v) is 14.8. The van der Waals surface area contributed by atoms with Gasteiger partial charge < -0.3 is 10.2 Å². The first-order valence-corrected chi connectivity index (χ1v) is 21.8. The molecule has 2 N–H and O–H groups in total. The van der Waals surface area contributed by atoms with E-state index in [1.807, 2.05) is 0 Å². The highest BCUT2D eigenvalue weighted by atomic mass is 31.4. The van der Waals surface area contributed by atoms with Crippen LogP contribution in [-0.2, 0) is 25.7 Å². The number of phenols is 2. The Morgan fingerprint density at radius 2 is 0.911 bits per heavy atom. The molecule has 0 atom stereocenters. The Bertz CT molecular complexity index is 1340. The molecule has 0 aliphatic heterocycles. The lowest BCUT2D eigenvalue weighted by Crippen LogP contribution is -2.24. The zero-order chi connectivity index (χ0) is 32.0. The maximum Gasteiger partial charge on any atom is 0.126 e. The Balaban J connectivity index is 1.98. The maximum absolute atomic E-state index is 12.1. The second-order valence-corrected chi connectivity index (χ2v) is 18.6. The molecule has 0 heterocycles. The predicted molar refractivity (Wildman–Crippen MR) is 200 cm³/mol. The van der Waals surface area contributed by atoms with Crippen LogP contribution in [0.4, 0.5) is 0 Å². The van der Waals surface area contributed by atoms with Crippen molar-refractivity contribution in [3.05, 3.63) is 118 Å². The summed E-state index contributed by atoms with van der Waals surface area (Å²) in [5.41, 5.74) is 7.79. The van der Waals surface area contributed by atoms with Gasteiger partial charge in [-0.3, -0.25) is 0 Å². The number of hydrogen-bond acceptors (Lipinski definition) is 2. The van der Waals surface area contributed by atoms with E-state index in [2.05, 4.69) is 113 Å². The summed E-state index contributed by atoms with van der Waals surface area (Å²) in [4.78, 5) is 0. The van der Waals surface area contributed by atoms with Crippen molar-refractivity contribution in [3.8, 4) is 11.5 Å². The summed E-state index contributed by atoms with van der Waals surface area (Å²) in [5.74, 6) is 0.964. The molecule has 0 radical (unpaired) electrons.